The highest BCUT2D eigenvalue weighted by Gasteiger charge is 2.30. The molecule has 1 heterocycles. The van der Waals surface area contributed by atoms with Crippen LogP contribution in [-0.4, -0.2) is 31.1 Å². The molecule has 1 saturated heterocycles. The Hall–Kier alpha value is -1.05. The summed E-state index contributed by atoms with van der Waals surface area (Å²) in [5.74, 6) is 2.11. The van der Waals surface area contributed by atoms with Crippen LogP contribution in [0.15, 0.2) is 0 Å². The Bertz CT molecular complexity index is 256. The lowest BCUT2D eigenvalue weighted by Gasteiger charge is -2.33. The molecule has 1 unspecified atom stereocenters. The van der Waals surface area contributed by atoms with Crippen LogP contribution in [-0.2, 0) is 19.0 Å². The maximum atomic E-state index is 10.8. The number of esters is 1. The minimum Gasteiger partial charge on any atom is -0.460 e. The molecule has 1 aliphatic rings. The fourth-order valence-corrected chi connectivity index (χ4v) is 1.56. The van der Waals surface area contributed by atoms with Crippen molar-refractivity contribution in [2.45, 2.75) is 45.2 Å². The van der Waals surface area contributed by atoms with E-state index in [-0.39, 0.29) is 31.1 Å². The Morgan fingerprint density at radius 2 is 2.33 bits per heavy atom. The summed E-state index contributed by atoms with van der Waals surface area (Å²) in [5.41, 5.74) is 0. The minimum atomic E-state index is -0.279. The zero-order valence-electron chi connectivity index (χ0n) is 9.06. The zero-order chi connectivity index (χ0) is 11.3. The van der Waals surface area contributed by atoms with Crippen LogP contribution < -0.4 is 0 Å². The van der Waals surface area contributed by atoms with Crippen LogP contribution in [0.2, 0.25) is 0 Å². The second-order valence-corrected chi connectivity index (χ2v) is 3.51. The van der Waals surface area contributed by atoms with E-state index in [1.165, 1.54) is 6.92 Å². The molecule has 4 heteroatoms. The second-order valence-electron chi connectivity index (χ2n) is 3.51. The SMILES string of the molecule is C#CCOC1CC[C@@H](OC(C)=O)[C@H](C)O1. The van der Waals surface area contributed by atoms with Crippen molar-refractivity contribution < 1.29 is 19.0 Å². The number of carbonyl (C=O) groups excluding carboxylic acids is 1. The number of terminal acetylenes is 1. The Morgan fingerprint density at radius 3 is 2.87 bits per heavy atom. The summed E-state index contributed by atoms with van der Waals surface area (Å²) in [6.45, 7) is 3.50. The molecule has 0 spiro atoms. The number of rotatable bonds is 3. The van der Waals surface area contributed by atoms with E-state index in [9.17, 15) is 4.79 Å². The normalized spacial score (nSPS) is 30.6. The maximum Gasteiger partial charge on any atom is 0.302 e. The van der Waals surface area contributed by atoms with Gasteiger partial charge in [0.1, 0.15) is 12.7 Å². The highest BCUT2D eigenvalue weighted by atomic mass is 16.7. The molecule has 0 radical (unpaired) electrons. The van der Waals surface area contributed by atoms with Gasteiger partial charge in [0.15, 0.2) is 6.29 Å². The van der Waals surface area contributed by atoms with Crippen molar-refractivity contribution in [2.75, 3.05) is 6.61 Å². The minimum absolute atomic E-state index is 0.148. The van der Waals surface area contributed by atoms with Gasteiger partial charge < -0.3 is 14.2 Å². The lowest BCUT2D eigenvalue weighted by molar-refractivity contribution is -0.220. The molecule has 1 rings (SSSR count). The molecule has 0 aliphatic carbocycles. The molecule has 0 saturated carbocycles. The van der Waals surface area contributed by atoms with Crippen molar-refractivity contribution in [3.05, 3.63) is 0 Å². The third-order valence-electron chi connectivity index (χ3n) is 2.25. The Labute approximate surface area is 89.9 Å². The lowest BCUT2D eigenvalue weighted by atomic mass is 10.1. The first-order valence-corrected chi connectivity index (χ1v) is 5.01. The molecule has 0 bridgehead atoms. The smallest absolute Gasteiger partial charge is 0.302 e. The van der Waals surface area contributed by atoms with Crippen LogP contribution in [0, 0.1) is 12.3 Å². The first-order valence-electron chi connectivity index (χ1n) is 5.01. The summed E-state index contributed by atoms with van der Waals surface area (Å²) >= 11 is 0. The Balaban J connectivity index is 2.34. The quantitative estimate of drug-likeness (QED) is 0.519. The highest BCUT2D eigenvalue weighted by Crippen LogP contribution is 2.22. The summed E-state index contributed by atoms with van der Waals surface area (Å²) in [7, 11) is 0. The molecule has 3 atom stereocenters. The molecule has 15 heavy (non-hydrogen) atoms. The number of hydrogen-bond donors (Lipinski definition) is 0. The van der Waals surface area contributed by atoms with Crippen molar-refractivity contribution in [1.29, 1.82) is 0 Å². The molecule has 0 aromatic carbocycles. The van der Waals surface area contributed by atoms with E-state index in [1.54, 1.807) is 0 Å². The van der Waals surface area contributed by atoms with Gasteiger partial charge in [-0.25, -0.2) is 0 Å². The molecular weight excluding hydrogens is 196 g/mol. The second kappa shape index (κ2) is 5.74. The van der Waals surface area contributed by atoms with Crippen LogP contribution in [0.1, 0.15) is 26.7 Å². The maximum absolute atomic E-state index is 10.8. The van der Waals surface area contributed by atoms with Gasteiger partial charge in [0.05, 0.1) is 6.10 Å². The summed E-state index contributed by atoms with van der Waals surface area (Å²) < 4.78 is 15.9. The monoisotopic (exact) mass is 212 g/mol. The highest BCUT2D eigenvalue weighted by molar-refractivity contribution is 5.66. The van der Waals surface area contributed by atoms with E-state index in [0.717, 1.165) is 6.42 Å². The van der Waals surface area contributed by atoms with Crippen LogP contribution >= 0.6 is 0 Å². The van der Waals surface area contributed by atoms with Crippen molar-refractivity contribution in [3.8, 4) is 12.3 Å². The van der Waals surface area contributed by atoms with E-state index in [0.29, 0.717) is 6.42 Å². The van der Waals surface area contributed by atoms with Crippen LogP contribution in [0.3, 0.4) is 0 Å². The summed E-state index contributed by atoms with van der Waals surface area (Å²) in [6.07, 6.45) is 5.92. The predicted molar refractivity (Wildman–Crippen MR) is 53.9 cm³/mol. The molecule has 4 nitrogen and oxygen atoms in total. The standard InChI is InChI=1S/C11H16O4/c1-4-7-13-11-6-5-10(8(2)14-11)15-9(3)12/h1,8,10-11H,5-7H2,2-3H3/t8-,10+,11?/m0/s1. The molecule has 0 aromatic rings. The zero-order valence-corrected chi connectivity index (χ0v) is 9.06. The average Bonchev–Trinajstić information content (AvgIpc) is 2.18. The molecule has 0 N–H and O–H groups in total. The van der Waals surface area contributed by atoms with Crippen LogP contribution in [0.25, 0.3) is 0 Å². The fraction of sp³-hybridized carbons (Fsp3) is 0.727. The van der Waals surface area contributed by atoms with Gasteiger partial charge in [-0.1, -0.05) is 5.92 Å². The largest absolute Gasteiger partial charge is 0.460 e. The van der Waals surface area contributed by atoms with Gasteiger partial charge in [-0.15, -0.1) is 6.42 Å². The Morgan fingerprint density at radius 1 is 1.60 bits per heavy atom. The number of ether oxygens (including phenoxy) is 3. The van der Waals surface area contributed by atoms with Crippen LogP contribution in [0.4, 0.5) is 0 Å². The van der Waals surface area contributed by atoms with Crippen molar-refractivity contribution in [2.24, 2.45) is 0 Å². The molecule has 0 aromatic heterocycles. The van der Waals surface area contributed by atoms with E-state index in [2.05, 4.69) is 5.92 Å². The molecular formula is C11H16O4. The number of hydrogen-bond acceptors (Lipinski definition) is 4. The summed E-state index contributed by atoms with van der Waals surface area (Å²) in [4.78, 5) is 10.8. The van der Waals surface area contributed by atoms with Gasteiger partial charge in [0, 0.05) is 13.3 Å². The lowest BCUT2D eigenvalue weighted by Crippen LogP contribution is -2.40. The van der Waals surface area contributed by atoms with Crippen molar-refractivity contribution >= 4 is 5.97 Å². The van der Waals surface area contributed by atoms with Gasteiger partial charge in [-0.05, 0) is 13.3 Å². The third kappa shape index (κ3) is 3.90. The van der Waals surface area contributed by atoms with E-state index >= 15 is 0 Å². The first kappa shape index (κ1) is 12.0. The van der Waals surface area contributed by atoms with Crippen molar-refractivity contribution in [1.82, 2.24) is 0 Å². The fourth-order valence-electron chi connectivity index (χ4n) is 1.56. The molecule has 1 fully saturated rings. The molecule has 84 valence electrons. The third-order valence-corrected chi connectivity index (χ3v) is 2.25. The summed E-state index contributed by atoms with van der Waals surface area (Å²) in [6, 6.07) is 0. The van der Waals surface area contributed by atoms with Crippen molar-refractivity contribution in [3.63, 3.8) is 0 Å². The van der Waals surface area contributed by atoms with Gasteiger partial charge in [-0.3, -0.25) is 4.79 Å². The molecule has 1 aliphatic heterocycles. The predicted octanol–water partition coefficient (Wildman–Crippen LogP) is 1.09. The van der Waals surface area contributed by atoms with Gasteiger partial charge in [-0.2, -0.15) is 0 Å². The van der Waals surface area contributed by atoms with E-state index in [1.807, 2.05) is 6.92 Å². The van der Waals surface area contributed by atoms with E-state index in [4.69, 9.17) is 20.6 Å². The number of carbonyl (C=O) groups is 1. The Kier molecular flexibility index (Phi) is 4.60. The average molecular weight is 212 g/mol. The molecule has 0 amide bonds. The summed E-state index contributed by atoms with van der Waals surface area (Å²) in [5, 5.41) is 0. The topological polar surface area (TPSA) is 44.8 Å². The van der Waals surface area contributed by atoms with Gasteiger partial charge in [0.2, 0.25) is 0 Å². The van der Waals surface area contributed by atoms with Gasteiger partial charge >= 0.3 is 5.97 Å². The van der Waals surface area contributed by atoms with Crippen LogP contribution in [0.5, 0.6) is 0 Å². The van der Waals surface area contributed by atoms with E-state index < -0.39 is 0 Å². The van der Waals surface area contributed by atoms with Gasteiger partial charge in [0.25, 0.3) is 0 Å². The first-order chi connectivity index (χ1) is 7.13.